The van der Waals surface area contributed by atoms with Gasteiger partial charge in [0, 0.05) is 11.1 Å². The van der Waals surface area contributed by atoms with Gasteiger partial charge in [0.15, 0.2) is 0 Å². The molecule has 0 fully saturated rings. The van der Waals surface area contributed by atoms with E-state index in [0.29, 0.717) is 12.2 Å². The fraction of sp³-hybridized carbons (Fsp3) is 0.143. The SMILES string of the molecule is Cc1cccc(C)c1-c1cccc(COc2ccc(C=O)cc2)n1. The Balaban J connectivity index is 1.79. The van der Waals surface area contributed by atoms with Crippen LogP contribution in [0.1, 0.15) is 27.2 Å². The van der Waals surface area contributed by atoms with Crippen LogP contribution in [0.3, 0.4) is 0 Å². The number of aldehydes is 1. The van der Waals surface area contributed by atoms with Gasteiger partial charge >= 0.3 is 0 Å². The maximum absolute atomic E-state index is 10.7. The summed E-state index contributed by atoms with van der Waals surface area (Å²) in [5.41, 5.74) is 6.07. The molecule has 0 saturated heterocycles. The first kappa shape index (κ1) is 15.9. The highest BCUT2D eigenvalue weighted by atomic mass is 16.5. The van der Waals surface area contributed by atoms with Crippen molar-refractivity contribution in [1.82, 2.24) is 4.98 Å². The van der Waals surface area contributed by atoms with Crippen LogP contribution in [-0.2, 0) is 6.61 Å². The highest BCUT2D eigenvalue weighted by molar-refractivity contribution is 5.74. The first-order valence-corrected chi connectivity index (χ1v) is 7.88. The van der Waals surface area contributed by atoms with Gasteiger partial charge in [0.2, 0.25) is 0 Å². The van der Waals surface area contributed by atoms with Gasteiger partial charge in [-0.2, -0.15) is 0 Å². The number of ether oxygens (including phenoxy) is 1. The average molecular weight is 317 g/mol. The number of aryl methyl sites for hydroxylation is 2. The molecule has 3 nitrogen and oxygen atoms in total. The number of hydrogen-bond donors (Lipinski definition) is 0. The van der Waals surface area contributed by atoms with E-state index in [1.165, 1.54) is 16.7 Å². The lowest BCUT2D eigenvalue weighted by atomic mass is 9.99. The Morgan fingerprint density at radius 3 is 2.25 bits per heavy atom. The van der Waals surface area contributed by atoms with E-state index in [4.69, 9.17) is 9.72 Å². The molecule has 24 heavy (non-hydrogen) atoms. The van der Waals surface area contributed by atoms with Crippen molar-refractivity contribution < 1.29 is 9.53 Å². The fourth-order valence-corrected chi connectivity index (χ4v) is 2.72. The molecule has 0 N–H and O–H groups in total. The Morgan fingerprint density at radius 2 is 1.58 bits per heavy atom. The Kier molecular flexibility index (Phi) is 4.71. The molecule has 3 heteroatoms. The summed E-state index contributed by atoms with van der Waals surface area (Å²) in [6.45, 7) is 4.59. The number of aromatic nitrogens is 1. The third-order valence-corrected chi connectivity index (χ3v) is 3.95. The molecule has 0 aliphatic rings. The molecule has 0 spiro atoms. The van der Waals surface area contributed by atoms with Crippen molar-refractivity contribution in [2.45, 2.75) is 20.5 Å². The predicted molar refractivity (Wildman–Crippen MR) is 95.3 cm³/mol. The minimum Gasteiger partial charge on any atom is -0.487 e. The zero-order valence-corrected chi connectivity index (χ0v) is 13.8. The van der Waals surface area contributed by atoms with Crippen LogP contribution >= 0.6 is 0 Å². The molecular formula is C21H19NO2. The number of hydrogen-bond acceptors (Lipinski definition) is 3. The highest BCUT2D eigenvalue weighted by Crippen LogP contribution is 2.25. The summed E-state index contributed by atoms with van der Waals surface area (Å²) < 4.78 is 5.76. The summed E-state index contributed by atoms with van der Waals surface area (Å²) in [6.07, 6.45) is 0.819. The van der Waals surface area contributed by atoms with Crippen LogP contribution in [-0.4, -0.2) is 11.3 Å². The van der Waals surface area contributed by atoms with Crippen molar-refractivity contribution in [3.8, 4) is 17.0 Å². The summed E-state index contributed by atoms with van der Waals surface area (Å²) in [4.78, 5) is 15.4. The predicted octanol–water partition coefficient (Wildman–Crippen LogP) is 4.76. The first-order valence-electron chi connectivity index (χ1n) is 7.88. The molecule has 0 aliphatic carbocycles. The Labute approximate surface area is 142 Å². The minimum absolute atomic E-state index is 0.388. The van der Waals surface area contributed by atoms with Crippen LogP contribution in [0.25, 0.3) is 11.3 Å². The molecule has 1 heterocycles. The molecule has 1 aromatic heterocycles. The van der Waals surface area contributed by atoms with E-state index in [-0.39, 0.29) is 0 Å². The van der Waals surface area contributed by atoms with E-state index in [1.807, 2.05) is 18.2 Å². The van der Waals surface area contributed by atoms with Crippen molar-refractivity contribution in [3.05, 3.63) is 83.0 Å². The molecule has 0 bridgehead atoms. The van der Waals surface area contributed by atoms with Gasteiger partial charge in [-0.15, -0.1) is 0 Å². The molecule has 0 atom stereocenters. The van der Waals surface area contributed by atoms with Gasteiger partial charge in [-0.3, -0.25) is 4.79 Å². The zero-order chi connectivity index (χ0) is 16.9. The minimum atomic E-state index is 0.388. The molecule has 2 aromatic carbocycles. The summed E-state index contributed by atoms with van der Waals surface area (Å²) in [5.74, 6) is 0.722. The third-order valence-electron chi connectivity index (χ3n) is 3.95. The lowest BCUT2D eigenvalue weighted by molar-refractivity contribution is 0.112. The lowest BCUT2D eigenvalue weighted by Crippen LogP contribution is -2.00. The Morgan fingerprint density at radius 1 is 0.917 bits per heavy atom. The van der Waals surface area contributed by atoms with Gasteiger partial charge in [0.25, 0.3) is 0 Å². The van der Waals surface area contributed by atoms with Crippen molar-refractivity contribution >= 4 is 6.29 Å². The number of carbonyl (C=O) groups excluding carboxylic acids is 1. The van der Waals surface area contributed by atoms with Crippen molar-refractivity contribution in [3.63, 3.8) is 0 Å². The molecular weight excluding hydrogens is 298 g/mol. The number of benzene rings is 2. The molecule has 0 saturated carbocycles. The smallest absolute Gasteiger partial charge is 0.150 e. The largest absolute Gasteiger partial charge is 0.487 e. The van der Waals surface area contributed by atoms with Crippen molar-refractivity contribution in [1.29, 1.82) is 0 Å². The topological polar surface area (TPSA) is 39.2 Å². The zero-order valence-electron chi connectivity index (χ0n) is 13.8. The molecule has 0 unspecified atom stereocenters. The molecule has 3 rings (SSSR count). The first-order chi connectivity index (χ1) is 11.7. The quantitative estimate of drug-likeness (QED) is 0.637. The van der Waals surface area contributed by atoms with E-state index in [2.05, 4.69) is 32.0 Å². The fourth-order valence-electron chi connectivity index (χ4n) is 2.72. The number of nitrogens with zero attached hydrogens (tertiary/aromatic N) is 1. The van der Waals surface area contributed by atoms with E-state index >= 15 is 0 Å². The molecule has 0 radical (unpaired) electrons. The van der Waals surface area contributed by atoms with Crippen LogP contribution in [0.15, 0.2) is 60.7 Å². The summed E-state index contributed by atoms with van der Waals surface area (Å²) in [7, 11) is 0. The summed E-state index contributed by atoms with van der Waals surface area (Å²) >= 11 is 0. The summed E-state index contributed by atoms with van der Waals surface area (Å²) in [5, 5.41) is 0. The molecule has 3 aromatic rings. The van der Waals surface area contributed by atoms with Crippen LogP contribution in [0, 0.1) is 13.8 Å². The van der Waals surface area contributed by atoms with Crippen molar-refractivity contribution in [2.75, 3.05) is 0 Å². The second-order valence-electron chi connectivity index (χ2n) is 5.76. The highest BCUT2D eigenvalue weighted by Gasteiger charge is 2.07. The average Bonchev–Trinajstić information content (AvgIpc) is 2.61. The summed E-state index contributed by atoms with van der Waals surface area (Å²) in [6, 6.07) is 19.3. The maximum Gasteiger partial charge on any atom is 0.150 e. The van der Waals surface area contributed by atoms with Crippen molar-refractivity contribution in [2.24, 2.45) is 0 Å². The van der Waals surface area contributed by atoms with E-state index < -0.39 is 0 Å². The van der Waals surface area contributed by atoms with Crippen LogP contribution in [0.5, 0.6) is 5.75 Å². The van der Waals surface area contributed by atoms with Crippen LogP contribution < -0.4 is 4.74 Å². The molecule has 120 valence electrons. The third kappa shape index (κ3) is 3.51. The van der Waals surface area contributed by atoms with E-state index in [1.54, 1.807) is 24.3 Å². The number of carbonyl (C=O) groups is 1. The van der Waals surface area contributed by atoms with Gasteiger partial charge in [-0.25, -0.2) is 4.98 Å². The number of rotatable bonds is 5. The Bertz CT molecular complexity index is 834. The van der Waals surface area contributed by atoms with E-state index in [9.17, 15) is 4.79 Å². The second kappa shape index (κ2) is 7.09. The maximum atomic E-state index is 10.7. The Hall–Kier alpha value is -2.94. The van der Waals surface area contributed by atoms with Gasteiger partial charge in [-0.05, 0) is 61.4 Å². The molecule has 0 amide bonds. The van der Waals surface area contributed by atoms with Gasteiger partial charge < -0.3 is 4.74 Å². The van der Waals surface area contributed by atoms with Gasteiger partial charge in [0.05, 0.1) is 11.4 Å². The van der Waals surface area contributed by atoms with Crippen LogP contribution in [0.4, 0.5) is 0 Å². The van der Waals surface area contributed by atoms with Crippen LogP contribution in [0.2, 0.25) is 0 Å². The lowest BCUT2D eigenvalue weighted by Gasteiger charge is -2.11. The van der Waals surface area contributed by atoms with Gasteiger partial charge in [0.1, 0.15) is 18.6 Å². The van der Waals surface area contributed by atoms with E-state index in [0.717, 1.165) is 23.4 Å². The normalized spacial score (nSPS) is 10.4. The van der Waals surface area contributed by atoms with Gasteiger partial charge in [-0.1, -0.05) is 24.3 Å². The number of pyridine rings is 1. The molecule has 0 aliphatic heterocycles. The second-order valence-corrected chi connectivity index (χ2v) is 5.76. The monoisotopic (exact) mass is 317 g/mol. The standard InChI is InChI=1S/C21H19NO2/c1-15-5-3-6-16(2)21(15)20-8-4-7-18(22-20)14-24-19-11-9-17(13-23)10-12-19/h3-13H,14H2,1-2H3.